The maximum Gasteiger partial charge on any atom is 0.258 e. The van der Waals surface area contributed by atoms with Crippen molar-refractivity contribution in [3.63, 3.8) is 0 Å². The molecule has 19 heavy (non-hydrogen) atoms. The maximum atomic E-state index is 13.0. The zero-order valence-electron chi connectivity index (χ0n) is 9.60. The highest BCUT2D eigenvalue weighted by molar-refractivity contribution is 6.32. The monoisotopic (exact) mass is 288 g/mol. The van der Waals surface area contributed by atoms with Gasteiger partial charge < -0.3 is 16.4 Å². The second kappa shape index (κ2) is 6.10. The van der Waals surface area contributed by atoms with Gasteiger partial charge in [0.2, 0.25) is 11.8 Å². The van der Waals surface area contributed by atoms with Crippen molar-refractivity contribution in [2.45, 2.75) is 0 Å². The molecule has 0 bridgehead atoms. The molecule has 3 amide bonds. The molecule has 1 aromatic heterocycles. The van der Waals surface area contributed by atoms with Crippen LogP contribution in [0.4, 0.5) is 4.39 Å². The van der Waals surface area contributed by atoms with E-state index in [0.29, 0.717) is 0 Å². The van der Waals surface area contributed by atoms with E-state index in [4.69, 9.17) is 23.1 Å². The second-order valence-electron chi connectivity index (χ2n) is 3.59. The Labute approximate surface area is 112 Å². The SMILES string of the molecule is NC(=O)CN(CC(N)=O)C(=O)c1cc(F)cnc1Cl. The van der Waals surface area contributed by atoms with Crippen molar-refractivity contribution in [3.8, 4) is 0 Å². The van der Waals surface area contributed by atoms with Gasteiger partial charge in [0.1, 0.15) is 24.1 Å². The molecule has 9 heteroatoms. The standard InChI is InChI=1S/C10H10ClFN4O3/c11-9-6(1-5(12)2-15-9)10(19)16(3-7(13)17)4-8(14)18/h1-2H,3-4H2,(H2,13,17)(H2,14,18). The minimum absolute atomic E-state index is 0.259. The van der Waals surface area contributed by atoms with Gasteiger partial charge in [-0.1, -0.05) is 11.6 Å². The normalized spacial score (nSPS) is 10.0. The summed E-state index contributed by atoms with van der Waals surface area (Å²) in [6.07, 6.45) is 0.825. The Kier molecular flexibility index (Phi) is 4.76. The van der Waals surface area contributed by atoms with Crippen LogP contribution in [0.15, 0.2) is 12.3 Å². The molecule has 7 nitrogen and oxygen atoms in total. The molecule has 0 atom stereocenters. The lowest BCUT2D eigenvalue weighted by molar-refractivity contribution is -0.121. The highest BCUT2D eigenvalue weighted by Gasteiger charge is 2.22. The van der Waals surface area contributed by atoms with Crippen LogP contribution in [0.3, 0.4) is 0 Å². The first-order valence-electron chi connectivity index (χ1n) is 4.98. The van der Waals surface area contributed by atoms with Crippen LogP contribution < -0.4 is 11.5 Å². The van der Waals surface area contributed by atoms with E-state index in [2.05, 4.69) is 4.98 Å². The quantitative estimate of drug-likeness (QED) is 0.695. The Balaban J connectivity index is 3.07. The van der Waals surface area contributed by atoms with E-state index >= 15 is 0 Å². The number of carbonyl (C=O) groups excluding carboxylic acids is 3. The summed E-state index contributed by atoms with van der Waals surface area (Å²) < 4.78 is 13.0. The summed E-state index contributed by atoms with van der Waals surface area (Å²) in [6.45, 7) is -1.09. The summed E-state index contributed by atoms with van der Waals surface area (Å²) in [5.41, 5.74) is 9.60. The average molecular weight is 289 g/mol. The Morgan fingerprint density at radius 3 is 2.26 bits per heavy atom. The smallest absolute Gasteiger partial charge is 0.258 e. The van der Waals surface area contributed by atoms with Crippen LogP contribution >= 0.6 is 11.6 Å². The van der Waals surface area contributed by atoms with Gasteiger partial charge in [-0.15, -0.1) is 0 Å². The van der Waals surface area contributed by atoms with E-state index in [9.17, 15) is 18.8 Å². The molecule has 0 fully saturated rings. The lowest BCUT2D eigenvalue weighted by Gasteiger charge is -2.19. The third-order valence-corrected chi connectivity index (χ3v) is 2.32. The third kappa shape index (κ3) is 4.18. The predicted molar refractivity (Wildman–Crippen MR) is 63.5 cm³/mol. The predicted octanol–water partition coefficient (Wildman–Crippen LogP) is -0.713. The van der Waals surface area contributed by atoms with Gasteiger partial charge in [0.15, 0.2) is 0 Å². The van der Waals surface area contributed by atoms with Gasteiger partial charge in [0.25, 0.3) is 5.91 Å². The van der Waals surface area contributed by atoms with Crippen molar-refractivity contribution in [3.05, 3.63) is 28.8 Å². The van der Waals surface area contributed by atoms with Crippen molar-refractivity contribution in [2.75, 3.05) is 13.1 Å². The highest BCUT2D eigenvalue weighted by Crippen LogP contribution is 2.16. The van der Waals surface area contributed by atoms with E-state index in [1.54, 1.807) is 0 Å². The number of hydrogen-bond acceptors (Lipinski definition) is 4. The Morgan fingerprint density at radius 1 is 1.26 bits per heavy atom. The van der Waals surface area contributed by atoms with E-state index in [0.717, 1.165) is 17.2 Å². The molecule has 102 valence electrons. The fraction of sp³-hybridized carbons (Fsp3) is 0.200. The van der Waals surface area contributed by atoms with Crippen molar-refractivity contribution in [1.29, 1.82) is 0 Å². The van der Waals surface area contributed by atoms with Crippen molar-refractivity contribution in [1.82, 2.24) is 9.88 Å². The number of halogens is 2. The molecule has 1 aromatic rings. The Hall–Kier alpha value is -2.22. The molecule has 1 rings (SSSR count). The summed E-state index contributed by atoms with van der Waals surface area (Å²) in [5, 5.41) is -0.259. The first-order valence-corrected chi connectivity index (χ1v) is 5.36. The maximum absolute atomic E-state index is 13.0. The zero-order valence-corrected chi connectivity index (χ0v) is 10.4. The zero-order chi connectivity index (χ0) is 14.6. The number of amides is 3. The number of nitrogens with two attached hydrogens (primary N) is 2. The summed E-state index contributed by atoms with van der Waals surface area (Å²) in [5.74, 6) is -3.36. The molecule has 0 aliphatic carbocycles. The van der Waals surface area contributed by atoms with Gasteiger partial charge in [0, 0.05) is 0 Å². The molecule has 0 aromatic carbocycles. The van der Waals surface area contributed by atoms with E-state index in [1.807, 2.05) is 0 Å². The van der Waals surface area contributed by atoms with Crippen LogP contribution in [0.25, 0.3) is 0 Å². The van der Waals surface area contributed by atoms with Crippen molar-refractivity contribution < 1.29 is 18.8 Å². The first-order chi connectivity index (χ1) is 8.81. The molecular formula is C10H10ClFN4O3. The highest BCUT2D eigenvalue weighted by atomic mass is 35.5. The van der Waals surface area contributed by atoms with E-state index < -0.39 is 36.6 Å². The van der Waals surface area contributed by atoms with Crippen LogP contribution in [-0.4, -0.2) is 40.7 Å². The first kappa shape index (κ1) is 14.8. The van der Waals surface area contributed by atoms with E-state index in [1.165, 1.54) is 0 Å². The molecule has 1 heterocycles. The van der Waals surface area contributed by atoms with Crippen LogP contribution in [0.2, 0.25) is 5.15 Å². The summed E-state index contributed by atoms with van der Waals surface area (Å²) >= 11 is 5.65. The summed E-state index contributed by atoms with van der Waals surface area (Å²) in [4.78, 5) is 37.9. The van der Waals surface area contributed by atoms with Crippen molar-refractivity contribution >= 4 is 29.3 Å². The largest absolute Gasteiger partial charge is 0.368 e. The third-order valence-electron chi connectivity index (χ3n) is 2.02. The molecule has 4 N–H and O–H groups in total. The second-order valence-corrected chi connectivity index (χ2v) is 3.94. The van der Waals surface area contributed by atoms with Crippen LogP contribution in [0, 0.1) is 5.82 Å². The number of pyridine rings is 1. The fourth-order valence-electron chi connectivity index (χ4n) is 1.32. The van der Waals surface area contributed by atoms with Crippen LogP contribution in [0.5, 0.6) is 0 Å². The van der Waals surface area contributed by atoms with Crippen molar-refractivity contribution in [2.24, 2.45) is 11.5 Å². The average Bonchev–Trinajstić information content (AvgIpc) is 2.29. The Morgan fingerprint density at radius 2 is 1.79 bits per heavy atom. The van der Waals surface area contributed by atoms with Gasteiger partial charge >= 0.3 is 0 Å². The van der Waals surface area contributed by atoms with Crippen LogP contribution in [0.1, 0.15) is 10.4 Å². The topological polar surface area (TPSA) is 119 Å². The molecular weight excluding hydrogens is 279 g/mol. The lowest BCUT2D eigenvalue weighted by atomic mass is 10.2. The van der Waals surface area contributed by atoms with Gasteiger partial charge in [-0.3, -0.25) is 14.4 Å². The minimum Gasteiger partial charge on any atom is -0.368 e. The fourth-order valence-corrected chi connectivity index (χ4v) is 1.50. The molecule has 0 saturated carbocycles. The van der Waals surface area contributed by atoms with Gasteiger partial charge in [-0.25, -0.2) is 9.37 Å². The molecule has 0 aliphatic heterocycles. The lowest BCUT2D eigenvalue weighted by Crippen LogP contribution is -2.43. The molecule has 0 radical (unpaired) electrons. The minimum atomic E-state index is -0.866. The van der Waals surface area contributed by atoms with Gasteiger partial charge in [0.05, 0.1) is 11.8 Å². The Bertz CT molecular complexity index is 522. The van der Waals surface area contributed by atoms with Gasteiger partial charge in [-0.05, 0) is 6.07 Å². The molecule has 0 saturated heterocycles. The summed E-state index contributed by atoms with van der Waals surface area (Å²) in [7, 11) is 0. The number of aromatic nitrogens is 1. The summed E-state index contributed by atoms with van der Waals surface area (Å²) in [6, 6.07) is 0.840. The number of primary amides is 2. The molecule has 0 aliphatic rings. The number of carbonyl (C=O) groups is 3. The molecule has 0 spiro atoms. The number of hydrogen-bond donors (Lipinski definition) is 2. The molecule has 0 unspecified atom stereocenters. The van der Waals surface area contributed by atoms with Gasteiger partial charge in [-0.2, -0.15) is 0 Å². The van der Waals surface area contributed by atoms with Crippen LogP contribution in [-0.2, 0) is 9.59 Å². The number of rotatable bonds is 5. The number of nitrogens with zero attached hydrogens (tertiary/aromatic N) is 2. The van der Waals surface area contributed by atoms with E-state index in [-0.39, 0.29) is 10.7 Å².